The van der Waals surface area contributed by atoms with Gasteiger partial charge in [0, 0.05) is 12.1 Å². The van der Waals surface area contributed by atoms with Crippen LogP contribution >= 0.6 is 0 Å². The first-order valence-electron chi connectivity index (χ1n) is 6.80. The Morgan fingerprint density at radius 1 is 1.33 bits per heavy atom. The van der Waals surface area contributed by atoms with Crippen LogP contribution in [0.2, 0.25) is 0 Å². The molecule has 0 bridgehead atoms. The number of nitrogens with zero attached hydrogens (tertiary/aromatic N) is 2. The molecule has 6 nitrogen and oxygen atoms in total. The number of imidazole rings is 1. The van der Waals surface area contributed by atoms with Crippen LogP contribution in [0.15, 0.2) is 24.5 Å². The second kappa shape index (κ2) is 5.55. The fraction of sp³-hybridized carbons (Fsp3) is 0.400. The molecule has 1 amide bonds. The van der Waals surface area contributed by atoms with Crippen molar-refractivity contribution in [1.82, 2.24) is 14.9 Å². The van der Waals surface area contributed by atoms with Crippen LogP contribution in [-0.2, 0) is 4.74 Å². The van der Waals surface area contributed by atoms with Gasteiger partial charge < -0.3 is 10.1 Å². The Balaban J connectivity index is 2.33. The summed E-state index contributed by atoms with van der Waals surface area (Å²) < 4.78 is 6.65. The van der Waals surface area contributed by atoms with E-state index in [1.807, 2.05) is 6.92 Å². The molecule has 2 rings (SSSR count). The number of hydrogen-bond acceptors (Lipinski definition) is 4. The third-order valence-corrected chi connectivity index (χ3v) is 2.74. The molecule has 112 valence electrons. The van der Waals surface area contributed by atoms with Crippen molar-refractivity contribution in [3.63, 3.8) is 0 Å². The number of carbonyl (C=O) groups is 2. The molecule has 6 heteroatoms. The molecule has 1 heterocycles. The summed E-state index contributed by atoms with van der Waals surface area (Å²) in [6.07, 6.45) is 0.913. The lowest BCUT2D eigenvalue weighted by Crippen LogP contribution is -2.26. The van der Waals surface area contributed by atoms with Gasteiger partial charge in [0.25, 0.3) is 5.91 Å². The Morgan fingerprint density at radius 3 is 2.67 bits per heavy atom. The van der Waals surface area contributed by atoms with Crippen molar-refractivity contribution >= 4 is 23.0 Å². The Kier molecular flexibility index (Phi) is 3.97. The van der Waals surface area contributed by atoms with E-state index in [4.69, 9.17) is 4.74 Å². The summed E-state index contributed by atoms with van der Waals surface area (Å²) >= 11 is 0. The highest BCUT2D eigenvalue weighted by molar-refractivity contribution is 5.98. The van der Waals surface area contributed by atoms with Crippen molar-refractivity contribution in [1.29, 1.82) is 0 Å². The number of benzene rings is 1. The summed E-state index contributed by atoms with van der Waals surface area (Å²) in [5.74, 6) is -0.161. The second-order valence-electron chi connectivity index (χ2n) is 5.66. The molecule has 0 fully saturated rings. The van der Waals surface area contributed by atoms with Gasteiger partial charge in [0.2, 0.25) is 0 Å². The van der Waals surface area contributed by atoms with Crippen LogP contribution in [0.5, 0.6) is 0 Å². The smallest absolute Gasteiger partial charge is 0.420 e. The van der Waals surface area contributed by atoms with Crippen LogP contribution in [0.4, 0.5) is 4.79 Å². The molecule has 0 radical (unpaired) electrons. The van der Waals surface area contributed by atoms with Crippen LogP contribution < -0.4 is 5.32 Å². The molecule has 0 aliphatic heterocycles. The lowest BCUT2D eigenvalue weighted by Gasteiger charge is -2.19. The molecule has 0 saturated heterocycles. The van der Waals surface area contributed by atoms with Crippen LogP contribution in [-0.4, -0.2) is 33.7 Å². The number of aromatic nitrogens is 2. The number of carbonyl (C=O) groups excluding carboxylic acids is 2. The van der Waals surface area contributed by atoms with Gasteiger partial charge in [0.15, 0.2) is 0 Å². The van der Waals surface area contributed by atoms with Crippen molar-refractivity contribution in [2.75, 3.05) is 6.54 Å². The summed E-state index contributed by atoms with van der Waals surface area (Å²) in [6, 6.07) is 5.01. The molecule has 0 spiro atoms. The first-order valence-corrected chi connectivity index (χ1v) is 6.80. The van der Waals surface area contributed by atoms with Gasteiger partial charge in [-0.3, -0.25) is 4.79 Å². The normalized spacial score (nSPS) is 11.4. The van der Waals surface area contributed by atoms with Gasteiger partial charge in [0.1, 0.15) is 11.9 Å². The average molecular weight is 289 g/mol. The Morgan fingerprint density at radius 2 is 2.05 bits per heavy atom. The summed E-state index contributed by atoms with van der Waals surface area (Å²) in [5.41, 5.74) is 1.12. The Bertz CT molecular complexity index is 683. The van der Waals surface area contributed by atoms with Crippen LogP contribution in [0, 0.1) is 0 Å². The molecule has 0 unspecified atom stereocenters. The molecule has 1 aromatic carbocycles. The number of nitrogens with one attached hydrogen (secondary N) is 1. The molecule has 0 aliphatic carbocycles. The van der Waals surface area contributed by atoms with E-state index in [1.54, 1.807) is 39.0 Å². The molecular formula is C15H19N3O3. The zero-order chi connectivity index (χ0) is 15.6. The predicted molar refractivity (Wildman–Crippen MR) is 79.4 cm³/mol. The third-order valence-electron chi connectivity index (χ3n) is 2.74. The summed E-state index contributed by atoms with van der Waals surface area (Å²) in [6.45, 7) is 7.82. The maximum atomic E-state index is 12.1. The van der Waals surface area contributed by atoms with E-state index in [0.717, 1.165) is 0 Å². The highest BCUT2D eigenvalue weighted by Crippen LogP contribution is 2.17. The van der Waals surface area contributed by atoms with E-state index in [1.165, 1.54) is 10.9 Å². The summed E-state index contributed by atoms with van der Waals surface area (Å²) in [5, 5.41) is 2.72. The van der Waals surface area contributed by atoms with Crippen LogP contribution in [0.25, 0.3) is 11.0 Å². The van der Waals surface area contributed by atoms with Gasteiger partial charge in [-0.1, -0.05) is 0 Å². The molecule has 0 saturated carbocycles. The Labute approximate surface area is 123 Å². The fourth-order valence-corrected chi connectivity index (χ4v) is 1.87. The zero-order valence-electron chi connectivity index (χ0n) is 12.6. The minimum absolute atomic E-state index is 0.161. The monoisotopic (exact) mass is 289 g/mol. The third kappa shape index (κ3) is 3.39. The standard InChI is InChI=1S/C15H19N3O3/c1-5-16-13(19)10-6-7-12-11(8-10)17-9-18(12)14(20)21-15(2,3)4/h6-9H,5H2,1-4H3,(H,16,19). The minimum atomic E-state index is -0.575. The topological polar surface area (TPSA) is 73.2 Å². The van der Waals surface area contributed by atoms with E-state index in [9.17, 15) is 9.59 Å². The highest BCUT2D eigenvalue weighted by Gasteiger charge is 2.19. The van der Waals surface area contributed by atoms with Gasteiger partial charge in [-0.25, -0.2) is 14.3 Å². The lowest BCUT2D eigenvalue weighted by atomic mass is 10.2. The molecule has 1 N–H and O–H groups in total. The minimum Gasteiger partial charge on any atom is -0.443 e. The quantitative estimate of drug-likeness (QED) is 0.922. The van der Waals surface area contributed by atoms with Crippen molar-refractivity contribution in [3.05, 3.63) is 30.1 Å². The van der Waals surface area contributed by atoms with E-state index >= 15 is 0 Å². The first-order chi connectivity index (χ1) is 9.81. The van der Waals surface area contributed by atoms with Gasteiger partial charge in [-0.2, -0.15) is 0 Å². The molecule has 0 atom stereocenters. The van der Waals surface area contributed by atoms with Crippen LogP contribution in [0.1, 0.15) is 38.1 Å². The maximum absolute atomic E-state index is 12.1. The van der Waals surface area contributed by atoms with Crippen molar-refractivity contribution in [2.45, 2.75) is 33.3 Å². The number of hydrogen-bond donors (Lipinski definition) is 1. The SMILES string of the molecule is CCNC(=O)c1ccc2c(c1)ncn2C(=O)OC(C)(C)C. The lowest BCUT2D eigenvalue weighted by molar-refractivity contribution is 0.0543. The zero-order valence-corrected chi connectivity index (χ0v) is 12.6. The number of amides is 1. The molecule has 2 aromatic rings. The summed E-state index contributed by atoms with van der Waals surface area (Å²) in [4.78, 5) is 28.0. The summed E-state index contributed by atoms with van der Waals surface area (Å²) in [7, 11) is 0. The highest BCUT2D eigenvalue weighted by atomic mass is 16.6. The predicted octanol–water partition coefficient (Wildman–Crippen LogP) is 2.57. The fourth-order valence-electron chi connectivity index (χ4n) is 1.87. The van der Waals surface area contributed by atoms with Gasteiger partial charge in [-0.05, 0) is 45.9 Å². The molecular weight excluding hydrogens is 270 g/mol. The van der Waals surface area contributed by atoms with E-state index < -0.39 is 11.7 Å². The maximum Gasteiger partial charge on any atom is 0.420 e. The Hall–Kier alpha value is -2.37. The van der Waals surface area contributed by atoms with Crippen molar-refractivity contribution in [3.8, 4) is 0 Å². The van der Waals surface area contributed by atoms with E-state index in [-0.39, 0.29) is 5.91 Å². The average Bonchev–Trinajstić information content (AvgIpc) is 2.79. The van der Waals surface area contributed by atoms with Crippen molar-refractivity contribution < 1.29 is 14.3 Å². The van der Waals surface area contributed by atoms with Gasteiger partial charge >= 0.3 is 6.09 Å². The largest absolute Gasteiger partial charge is 0.443 e. The number of ether oxygens (including phenoxy) is 1. The van der Waals surface area contributed by atoms with Crippen molar-refractivity contribution in [2.24, 2.45) is 0 Å². The molecule has 0 aliphatic rings. The van der Waals surface area contributed by atoms with E-state index in [2.05, 4.69) is 10.3 Å². The second-order valence-corrected chi connectivity index (χ2v) is 5.66. The van der Waals surface area contributed by atoms with Gasteiger partial charge in [-0.15, -0.1) is 0 Å². The van der Waals surface area contributed by atoms with Crippen LogP contribution in [0.3, 0.4) is 0 Å². The molecule has 21 heavy (non-hydrogen) atoms. The molecule has 1 aromatic heterocycles. The number of fused-ring (bicyclic) bond motifs is 1. The number of rotatable bonds is 2. The first kappa shape index (κ1) is 15.0. The van der Waals surface area contributed by atoms with Gasteiger partial charge in [0.05, 0.1) is 11.0 Å². The van der Waals surface area contributed by atoms with E-state index in [0.29, 0.717) is 23.1 Å².